The number of nitrogens with zero attached hydrogens (tertiary/aromatic N) is 2. The topological polar surface area (TPSA) is 44.1 Å². The van der Waals surface area contributed by atoms with E-state index < -0.39 is 0 Å². The maximum Gasteiger partial charge on any atom is 0.357 e. The third kappa shape index (κ3) is 2.20. The summed E-state index contributed by atoms with van der Waals surface area (Å²) >= 11 is 2.08. The van der Waals surface area contributed by atoms with Gasteiger partial charge in [0.05, 0.1) is 16.4 Å². The summed E-state index contributed by atoms with van der Waals surface area (Å²) in [5.41, 5.74) is 0.546. The summed E-state index contributed by atoms with van der Waals surface area (Å²) < 4.78 is 7.38. The molecule has 13 heavy (non-hydrogen) atoms. The molecule has 0 aromatic carbocycles. The molecular formula is C8H11IN2O2. The van der Waals surface area contributed by atoms with Crippen molar-refractivity contribution in [2.75, 3.05) is 6.61 Å². The fourth-order valence-electron chi connectivity index (χ4n) is 1.00. The molecule has 1 heterocycles. The molecule has 0 aliphatic carbocycles. The average molecular weight is 294 g/mol. The van der Waals surface area contributed by atoms with Crippen molar-refractivity contribution in [1.29, 1.82) is 0 Å². The first-order chi connectivity index (χ1) is 6.20. The standard InChI is InChI=1S/C8H11IN2O2/c1-3-11-7(6(9)5-10-11)8(12)13-4-2/h5H,3-4H2,1-2H3. The third-order valence-corrected chi connectivity index (χ3v) is 2.35. The van der Waals surface area contributed by atoms with E-state index >= 15 is 0 Å². The van der Waals surface area contributed by atoms with Gasteiger partial charge in [0, 0.05) is 6.54 Å². The van der Waals surface area contributed by atoms with Gasteiger partial charge in [-0.3, -0.25) is 4.68 Å². The van der Waals surface area contributed by atoms with Crippen molar-refractivity contribution in [3.8, 4) is 0 Å². The van der Waals surface area contributed by atoms with Crippen molar-refractivity contribution in [2.24, 2.45) is 0 Å². The van der Waals surface area contributed by atoms with Gasteiger partial charge in [-0.25, -0.2) is 4.79 Å². The average Bonchev–Trinajstić information content (AvgIpc) is 2.47. The van der Waals surface area contributed by atoms with Gasteiger partial charge in [0.1, 0.15) is 0 Å². The van der Waals surface area contributed by atoms with Crippen LogP contribution in [0.2, 0.25) is 0 Å². The van der Waals surface area contributed by atoms with E-state index in [0.717, 1.165) is 3.57 Å². The molecule has 1 aromatic rings. The first-order valence-electron chi connectivity index (χ1n) is 4.09. The van der Waals surface area contributed by atoms with Gasteiger partial charge in [-0.1, -0.05) is 0 Å². The second-order valence-corrected chi connectivity index (χ2v) is 3.54. The normalized spacial score (nSPS) is 10.1. The fourth-order valence-corrected chi connectivity index (χ4v) is 1.63. The Bertz CT molecular complexity index is 309. The molecule has 0 spiro atoms. The molecule has 0 fully saturated rings. The number of esters is 1. The zero-order valence-electron chi connectivity index (χ0n) is 7.58. The lowest BCUT2D eigenvalue weighted by atomic mass is 10.4. The number of rotatable bonds is 3. The van der Waals surface area contributed by atoms with Gasteiger partial charge in [-0.05, 0) is 36.4 Å². The van der Waals surface area contributed by atoms with Crippen LogP contribution in [0.25, 0.3) is 0 Å². The zero-order valence-corrected chi connectivity index (χ0v) is 9.74. The highest BCUT2D eigenvalue weighted by atomic mass is 127. The lowest BCUT2D eigenvalue weighted by molar-refractivity contribution is 0.0511. The highest BCUT2D eigenvalue weighted by Crippen LogP contribution is 2.12. The molecule has 0 saturated heterocycles. The minimum Gasteiger partial charge on any atom is -0.461 e. The van der Waals surface area contributed by atoms with Crippen LogP contribution < -0.4 is 0 Å². The van der Waals surface area contributed by atoms with Gasteiger partial charge in [0.2, 0.25) is 0 Å². The van der Waals surface area contributed by atoms with Crippen molar-refractivity contribution in [1.82, 2.24) is 9.78 Å². The minimum absolute atomic E-state index is 0.300. The molecule has 1 aromatic heterocycles. The van der Waals surface area contributed by atoms with Crippen LogP contribution in [0.3, 0.4) is 0 Å². The molecule has 0 unspecified atom stereocenters. The molecule has 0 bridgehead atoms. The van der Waals surface area contributed by atoms with Gasteiger partial charge in [-0.2, -0.15) is 5.10 Å². The molecule has 4 nitrogen and oxygen atoms in total. The molecule has 5 heteroatoms. The second kappa shape index (κ2) is 4.59. The monoisotopic (exact) mass is 294 g/mol. The van der Waals surface area contributed by atoms with Crippen LogP contribution in [-0.2, 0) is 11.3 Å². The van der Waals surface area contributed by atoms with Gasteiger partial charge in [0.25, 0.3) is 0 Å². The molecule has 0 aliphatic rings. The van der Waals surface area contributed by atoms with Crippen LogP contribution in [0.5, 0.6) is 0 Å². The number of aryl methyl sites for hydroxylation is 1. The highest BCUT2D eigenvalue weighted by Gasteiger charge is 2.16. The van der Waals surface area contributed by atoms with Crippen molar-refractivity contribution < 1.29 is 9.53 Å². The number of hydrogen-bond donors (Lipinski definition) is 0. The number of ether oxygens (including phenoxy) is 1. The highest BCUT2D eigenvalue weighted by molar-refractivity contribution is 14.1. The van der Waals surface area contributed by atoms with E-state index in [9.17, 15) is 4.79 Å². The lowest BCUT2D eigenvalue weighted by Crippen LogP contribution is -2.13. The van der Waals surface area contributed by atoms with E-state index in [2.05, 4.69) is 27.7 Å². The zero-order chi connectivity index (χ0) is 9.84. The van der Waals surface area contributed by atoms with E-state index in [1.165, 1.54) is 0 Å². The van der Waals surface area contributed by atoms with Crippen LogP contribution in [0.1, 0.15) is 24.3 Å². The van der Waals surface area contributed by atoms with E-state index in [1.807, 2.05) is 6.92 Å². The van der Waals surface area contributed by atoms with E-state index in [-0.39, 0.29) is 5.97 Å². The molecule has 0 aliphatic heterocycles. The Morgan fingerprint density at radius 1 is 1.69 bits per heavy atom. The van der Waals surface area contributed by atoms with Crippen molar-refractivity contribution >= 4 is 28.6 Å². The fraction of sp³-hybridized carbons (Fsp3) is 0.500. The van der Waals surface area contributed by atoms with E-state index in [1.54, 1.807) is 17.8 Å². The summed E-state index contributed by atoms with van der Waals surface area (Å²) in [5.74, 6) is -0.300. The maximum absolute atomic E-state index is 11.4. The molecule has 0 atom stereocenters. The maximum atomic E-state index is 11.4. The van der Waals surface area contributed by atoms with E-state index in [4.69, 9.17) is 4.74 Å². The van der Waals surface area contributed by atoms with Crippen LogP contribution in [0, 0.1) is 3.57 Å². The van der Waals surface area contributed by atoms with Gasteiger partial charge in [0.15, 0.2) is 5.69 Å². The molecular weight excluding hydrogens is 283 g/mol. The molecule has 0 saturated carbocycles. The molecule has 0 N–H and O–H groups in total. The molecule has 0 amide bonds. The smallest absolute Gasteiger partial charge is 0.357 e. The number of aromatic nitrogens is 2. The van der Waals surface area contributed by atoms with Crippen LogP contribution >= 0.6 is 22.6 Å². The van der Waals surface area contributed by atoms with Gasteiger partial charge >= 0.3 is 5.97 Å². The summed E-state index contributed by atoms with van der Waals surface area (Å²) in [6, 6.07) is 0. The van der Waals surface area contributed by atoms with Crippen molar-refractivity contribution in [3.05, 3.63) is 15.5 Å². The lowest BCUT2D eigenvalue weighted by Gasteiger charge is -2.04. The van der Waals surface area contributed by atoms with Crippen LogP contribution in [-0.4, -0.2) is 22.4 Å². The Labute approximate surface area is 90.4 Å². The predicted octanol–water partition coefficient (Wildman–Crippen LogP) is 1.68. The Balaban J connectivity index is 2.96. The molecule has 1 rings (SSSR count). The summed E-state index contributed by atoms with van der Waals surface area (Å²) in [4.78, 5) is 11.4. The quantitative estimate of drug-likeness (QED) is 0.629. The Kier molecular flexibility index (Phi) is 3.71. The van der Waals surface area contributed by atoms with E-state index in [0.29, 0.717) is 18.8 Å². The third-order valence-electron chi connectivity index (χ3n) is 1.56. The Morgan fingerprint density at radius 2 is 2.38 bits per heavy atom. The van der Waals surface area contributed by atoms with Gasteiger partial charge in [-0.15, -0.1) is 0 Å². The second-order valence-electron chi connectivity index (χ2n) is 2.38. The van der Waals surface area contributed by atoms with Gasteiger partial charge < -0.3 is 4.74 Å². The predicted molar refractivity (Wildman–Crippen MR) is 56.6 cm³/mol. The summed E-state index contributed by atoms with van der Waals surface area (Å²) in [6.07, 6.45) is 1.66. The summed E-state index contributed by atoms with van der Waals surface area (Å²) in [7, 11) is 0. The Hall–Kier alpha value is -0.590. The number of carbonyl (C=O) groups is 1. The van der Waals surface area contributed by atoms with Crippen molar-refractivity contribution in [3.63, 3.8) is 0 Å². The first-order valence-corrected chi connectivity index (χ1v) is 5.17. The van der Waals surface area contributed by atoms with Crippen molar-refractivity contribution in [2.45, 2.75) is 20.4 Å². The summed E-state index contributed by atoms with van der Waals surface area (Å²) in [6.45, 7) is 4.80. The first kappa shape index (κ1) is 10.5. The van der Waals surface area contributed by atoms with Crippen LogP contribution in [0.15, 0.2) is 6.20 Å². The Morgan fingerprint density at radius 3 is 2.92 bits per heavy atom. The number of carbonyl (C=O) groups excluding carboxylic acids is 1. The SMILES string of the molecule is CCOC(=O)c1c(I)cnn1CC. The number of halogens is 1. The largest absolute Gasteiger partial charge is 0.461 e. The summed E-state index contributed by atoms with van der Waals surface area (Å²) in [5, 5.41) is 4.05. The molecule has 0 radical (unpaired) electrons. The molecule has 72 valence electrons. The minimum atomic E-state index is -0.300. The number of hydrogen-bond acceptors (Lipinski definition) is 3. The van der Waals surface area contributed by atoms with Crippen LogP contribution in [0.4, 0.5) is 0 Å².